The third kappa shape index (κ3) is 1.71. The van der Waals surface area contributed by atoms with Gasteiger partial charge in [-0.15, -0.1) is 0 Å². The van der Waals surface area contributed by atoms with Crippen LogP contribution in [0.5, 0.6) is 0 Å². The van der Waals surface area contributed by atoms with Crippen LogP contribution >= 0.6 is 11.6 Å². The molecule has 19 heavy (non-hydrogen) atoms. The van der Waals surface area contributed by atoms with Crippen molar-refractivity contribution in [1.29, 1.82) is 0 Å². The van der Waals surface area contributed by atoms with E-state index in [-0.39, 0.29) is 21.8 Å². The first-order valence-electron chi connectivity index (χ1n) is 5.93. The molecule has 1 N–H and O–H groups in total. The van der Waals surface area contributed by atoms with Gasteiger partial charge in [0.25, 0.3) is 11.1 Å². The van der Waals surface area contributed by atoms with Crippen molar-refractivity contribution in [1.82, 2.24) is 19.7 Å². The summed E-state index contributed by atoms with van der Waals surface area (Å²) in [5, 5.41) is 8.11. The number of aromatic nitrogens is 3. The largest absolute Gasteiger partial charge is 0.312 e. The number of pyridine rings is 1. The number of hydrogen-bond donors (Lipinski definition) is 1. The van der Waals surface area contributed by atoms with Gasteiger partial charge >= 0.3 is 0 Å². The van der Waals surface area contributed by atoms with Gasteiger partial charge in [0, 0.05) is 37.8 Å². The van der Waals surface area contributed by atoms with E-state index in [1.54, 1.807) is 10.8 Å². The first-order valence-corrected chi connectivity index (χ1v) is 6.31. The van der Waals surface area contributed by atoms with Gasteiger partial charge in [-0.2, -0.15) is 5.10 Å². The van der Waals surface area contributed by atoms with Crippen molar-refractivity contribution in [2.75, 3.05) is 13.1 Å². The van der Waals surface area contributed by atoms with Crippen molar-refractivity contribution in [2.24, 2.45) is 7.05 Å². The summed E-state index contributed by atoms with van der Waals surface area (Å²) < 4.78 is 2.76. The predicted molar refractivity (Wildman–Crippen MR) is 72.8 cm³/mol. The van der Waals surface area contributed by atoms with Crippen LogP contribution in [0.2, 0.25) is 5.15 Å². The van der Waals surface area contributed by atoms with E-state index in [2.05, 4.69) is 10.4 Å². The zero-order chi connectivity index (χ0) is 13.8. The third-order valence-electron chi connectivity index (χ3n) is 3.63. The number of nitrogens with zero attached hydrogens (tertiary/aromatic N) is 3. The minimum absolute atomic E-state index is 0.198. The highest BCUT2D eigenvalue weighted by molar-refractivity contribution is 6.34. The molecule has 0 amide bonds. The number of aryl methyl sites for hydroxylation is 1. The number of hydrogen-bond acceptors (Lipinski definition) is 4. The molecule has 0 atom stereocenters. The second kappa shape index (κ2) is 3.91. The Morgan fingerprint density at radius 3 is 2.63 bits per heavy atom. The highest BCUT2D eigenvalue weighted by atomic mass is 35.5. The van der Waals surface area contributed by atoms with Gasteiger partial charge in [-0.1, -0.05) is 11.6 Å². The molecular weight excluding hydrogens is 268 g/mol. The molecule has 1 aliphatic heterocycles. The van der Waals surface area contributed by atoms with Crippen molar-refractivity contribution in [3.05, 3.63) is 38.1 Å². The molecule has 0 spiro atoms. The van der Waals surface area contributed by atoms with Crippen LogP contribution < -0.4 is 16.4 Å². The quantitative estimate of drug-likeness (QED) is 0.802. The minimum atomic E-state index is -0.319. The fourth-order valence-corrected chi connectivity index (χ4v) is 2.62. The first-order chi connectivity index (χ1) is 8.92. The second-order valence-electron chi connectivity index (χ2n) is 5.13. The fraction of sp³-hybridized carbons (Fsp3) is 0.417. The molecule has 0 unspecified atom stereocenters. The molecule has 2 aromatic rings. The van der Waals surface area contributed by atoms with Crippen LogP contribution in [0, 0.1) is 0 Å². The summed E-state index contributed by atoms with van der Waals surface area (Å²) >= 11 is 6.07. The molecule has 7 heteroatoms. The van der Waals surface area contributed by atoms with E-state index in [1.807, 2.05) is 6.92 Å². The summed E-state index contributed by atoms with van der Waals surface area (Å²) in [6.45, 7) is 3.42. The van der Waals surface area contributed by atoms with Crippen LogP contribution in [0.3, 0.4) is 0 Å². The summed E-state index contributed by atoms with van der Waals surface area (Å²) in [4.78, 5) is 24.1. The number of fused-ring (bicyclic) bond motifs is 1. The van der Waals surface area contributed by atoms with Crippen molar-refractivity contribution in [3.63, 3.8) is 0 Å². The molecule has 0 aliphatic carbocycles. The first kappa shape index (κ1) is 12.4. The molecule has 0 bridgehead atoms. The summed E-state index contributed by atoms with van der Waals surface area (Å²) in [5.74, 6) is 0. The second-order valence-corrected chi connectivity index (χ2v) is 5.49. The van der Waals surface area contributed by atoms with E-state index in [1.165, 1.54) is 13.1 Å². The summed E-state index contributed by atoms with van der Waals surface area (Å²) in [5.41, 5.74) is -0.785. The minimum Gasteiger partial charge on any atom is -0.312 e. The van der Waals surface area contributed by atoms with E-state index >= 15 is 0 Å². The third-order valence-corrected chi connectivity index (χ3v) is 3.91. The number of nitrogens with one attached hydrogen (secondary N) is 1. The lowest BCUT2D eigenvalue weighted by Crippen LogP contribution is -2.61. The lowest BCUT2D eigenvalue weighted by Gasteiger charge is -2.41. The van der Waals surface area contributed by atoms with E-state index < -0.39 is 0 Å². The molecule has 0 aromatic carbocycles. The molecular formula is C12H13ClN4O2. The van der Waals surface area contributed by atoms with Crippen LogP contribution in [0.15, 0.2) is 21.9 Å². The maximum atomic E-state index is 12.2. The van der Waals surface area contributed by atoms with Crippen LogP contribution in [0.1, 0.15) is 6.92 Å². The Hall–Kier alpha value is -1.66. The van der Waals surface area contributed by atoms with Gasteiger partial charge < -0.3 is 9.88 Å². The maximum Gasteiger partial charge on any atom is 0.274 e. The lowest BCUT2D eigenvalue weighted by molar-refractivity contribution is 0.195. The van der Waals surface area contributed by atoms with E-state index in [9.17, 15) is 9.59 Å². The summed E-state index contributed by atoms with van der Waals surface area (Å²) in [6, 6.07) is 1.34. The van der Waals surface area contributed by atoms with Crippen molar-refractivity contribution < 1.29 is 0 Å². The lowest BCUT2D eigenvalue weighted by atomic mass is 9.94. The Morgan fingerprint density at radius 2 is 2.05 bits per heavy atom. The SMILES string of the molecule is Cn1nc(Cl)c2cn(C3(C)CNC3)c(=O)cc2c1=O. The molecule has 0 radical (unpaired) electrons. The predicted octanol–water partition coefficient (Wildman–Crippen LogP) is 0.0670. The van der Waals surface area contributed by atoms with Gasteiger partial charge in [-0.05, 0) is 6.92 Å². The molecule has 1 fully saturated rings. The Bertz CT molecular complexity index is 789. The smallest absolute Gasteiger partial charge is 0.274 e. The average molecular weight is 281 g/mol. The molecule has 3 rings (SSSR count). The van der Waals surface area contributed by atoms with Crippen molar-refractivity contribution >= 4 is 22.4 Å². The Labute approximate surface area is 113 Å². The average Bonchev–Trinajstić information content (AvgIpc) is 2.33. The highest BCUT2D eigenvalue weighted by Gasteiger charge is 2.34. The van der Waals surface area contributed by atoms with Crippen molar-refractivity contribution in [3.8, 4) is 0 Å². The zero-order valence-corrected chi connectivity index (χ0v) is 11.4. The normalized spacial score (nSPS) is 17.4. The molecule has 1 aliphatic rings. The van der Waals surface area contributed by atoms with Gasteiger partial charge in [0.05, 0.1) is 10.9 Å². The standard InChI is InChI=1S/C12H13ClN4O2/c1-12(5-14-6-12)17-4-8-7(3-9(17)18)11(19)16(2)15-10(8)13/h3-4,14H,5-6H2,1-2H3. The van der Waals surface area contributed by atoms with Gasteiger partial charge in [0.2, 0.25) is 0 Å². The van der Waals surface area contributed by atoms with E-state index in [0.29, 0.717) is 23.9 Å². The number of rotatable bonds is 1. The topological polar surface area (TPSA) is 68.9 Å². The Morgan fingerprint density at radius 1 is 1.37 bits per heavy atom. The highest BCUT2D eigenvalue weighted by Crippen LogP contribution is 2.22. The van der Waals surface area contributed by atoms with Gasteiger partial charge in [0.15, 0.2) is 5.15 Å². The maximum absolute atomic E-state index is 12.2. The van der Waals surface area contributed by atoms with E-state index in [0.717, 1.165) is 4.68 Å². The Kier molecular flexibility index (Phi) is 2.55. The molecule has 1 saturated heterocycles. The Balaban J connectivity index is 2.38. The van der Waals surface area contributed by atoms with Gasteiger partial charge in [0.1, 0.15) is 0 Å². The van der Waals surface area contributed by atoms with E-state index in [4.69, 9.17) is 11.6 Å². The van der Waals surface area contributed by atoms with Crippen LogP contribution in [-0.2, 0) is 12.6 Å². The fourth-order valence-electron chi connectivity index (χ4n) is 2.36. The molecule has 6 nitrogen and oxygen atoms in total. The molecule has 3 heterocycles. The van der Waals surface area contributed by atoms with Gasteiger partial charge in [-0.25, -0.2) is 4.68 Å². The monoisotopic (exact) mass is 280 g/mol. The van der Waals surface area contributed by atoms with Crippen LogP contribution in [0.25, 0.3) is 10.8 Å². The zero-order valence-electron chi connectivity index (χ0n) is 10.6. The molecule has 100 valence electrons. The van der Waals surface area contributed by atoms with Crippen LogP contribution in [-0.4, -0.2) is 27.4 Å². The molecule has 2 aromatic heterocycles. The molecule has 0 saturated carbocycles. The summed E-state index contributed by atoms with van der Waals surface area (Å²) in [7, 11) is 1.51. The van der Waals surface area contributed by atoms with Crippen molar-refractivity contribution in [2.45, 2.75) is 12.5 Å². The summed E-state index contributed by atoms with van der Waals surface area (Å²) in [6.07, 6.45) is 1.63. The van der Waals surface area contributed by atoms with Gasteiger partial charge in [-0.3, -0.25) is 9.59 Å². The number of halogens is 1. The van der Waals surface area contributed by atoms with Crippen LogP contribution in [0.4, 0.5) is 0 Å².